The first kappa shape index (κ1) is 13.2. The largest absolute Gasteiger partial charge is 0.492 e. The molecule has 3 N–H and O–H groups in total. The molecule has 0 aromatic heterocycles. The van der Waals surface area contributed by atoms with Gasteiger partial charge in [-0.05, 0) is 25.1 Å². The van der Waals surface area contributed by atoms with Crippen molar-refractivity contribution in [2.75, 3.05) is 17.7 Å². The summed E-state index contributed by atoms with van der Waals surface area (Å²) in [5.74, 6) is 0.427. The van der Waals surface area contributed by atoms with Crippen LogP contribution in [0.2, 0.25) is 0 Å². The third-order valence-corrected chi connectivity index (χ3v) is 2.75. The minimum atomic E-state index is -0.213. The van der Waals surface area contributed by atoms with E-state index in [2.05, 4.69) is 5.32 Å². The Labute approximate surface area is 112 Å². The number of halogens is 1. The van der Waals surface area contributed by atoms with Gasteiger partial charge < -0.3 is 15.8 Å². The van der Waals surface area contributed by atoms with Gasteiger partial charge in [0.25, 0.3) is 0 Å². The fourth-order valence-electron chi connectivity index (χ4n) is 1.76. The van der Waals surface area contributed by atoms with Crippen LogP contribution in [-0.2, 0) is 6.54 Å². The van der Waals surface area contributed by atoms with Crippen molar-refractivity contribution in [2.45, 2.75) is 13.5 Å². The number of hydrogen-bond donors (Lipinski definition) is 2. The molecule has 2 aromatic rings. The van der Waals surface area contributed by atoms with Gasteiger partial charge in [-0.1, -0.05) is 18.2 Å². The van der Waals surface area contributed by atoms with E-state index in [0.717, 1.165) is 5.69 Å². The van der Waals surface area contributed by atoms with Crippen molar-refractivity contribution in [3.63, 3.8) is 0 Å². The van der Waals surface area contributed by atoms with Gasteiger partial charge in [0.2, 0.25) is 0 Å². The zero-order chi connectivity index (χ0) is 13.7. The first-order valence-electron chi connectivity index (χ1n) is 6.20. The van der Waals surface area contributed by atoms with E-state index in [1.165, 1.54) is 6.07 Å². The molecule has 0 aliphatic heterocycles. The fourth-order valence-corrected chi connectivity index (χ4v) is 1.76. The minimum absolute atomic E-state index is 0.213. The molecule has 0 amide bonds. The molecule has 0 saturated heterocycles. The van der Waals surface area contributed by atoms with E-state index in [1.807, 2.05) is 25.1 Å². The number of nitrogens with two attached hydrogens (primary N) is 1. The third-order valence-electron chi connectivity index (χ3n) is 2.75. The van der Waals surface area contributed by atoms with Gasteiger partial charge in [0, 0.05) is 23.9 Å². The maximum absolute atomic E-state index is 13.5. The number of ether oxygens (including phenoxy) is 1. The van der Waals surface area contributed by atoms with Crippen molar-refractivity contribution in [3.05, 3.63) is 53.8 Å². The standard InChI is InChI=1S/C15H17FN2O/c1-2-19-15-9-12(7-8-14(15)17)18-10-11-5-3-4-6-13(11)16/h3-9,18H,2,10,17H2,1H3. The molecule has 0 spiro atoms. The minimum Gasteiger partial charge on any atom is -0.492 e. The number of rotatable bonds is 5. The zero-order valence-electron chi connectivity index (χ0n) is 10.8. The van der Waals surface area contributed by atoms with Crippen molar-refractivity contribution in [2.24, 2.45) is 0 Å². The highest BCUT2D eigenvalue weighted by Crippen LogP contribution is 2.25. The van der Waals surface area contributed by atoms with Crippen LogP contribution in [0.25, 0.3) is 0 Å². The molecular weight excluding hydrogens is 243 g/mol. The van der Waals surface area contributed by atoms with Crippen molar-refractivity contribution < 1.29 is 9.13 Å². The lowest BCUT2D eigenvalue weighted by Crippen LogP contribution is -2.03. The van der Waals surface area contributed by atoms with Crippen LogP contribution >= 0.6 is 0 Å². The molecule has 100 valence electrons. The number of nitrogens with one attached hydrogen (secondary N) is 1. The Morgan fingerprint density at radius 2 is 2.00 bits per heavy atom. The Morgan fingerprint density at radius 1 is 1.21 bits per heavy atom. The molecule has 0 fully saturated rings. The van der Waals surface area contributed by atoms with Crippen LogP contribution in [-0.4, -0.2) is 6.61 Å². The second kappa shape index (κ2) is 6.09. The zero-order valence-corrected chi connectivity index (χ0v) is 10.8. The van der Waals surface area contributed by atoms with Crippen LogP contribution in [0.3, 0.4) is 0 Å². The SMILES string of the molecule is CCOc1cc(NCc2ccccc2F)ccc1N. The average Bonchev–Trinajstić information content (AvgIpc) is 2.41. The monoisotopic (exact) mass is 260 g/mol. The lowest BCUT2D eigenvalue weighted by atomic mass is 10.2. The van der Waals surface area contributed by atoms with Gasteiger partial charge in [-0.3, -0.25) is 0 Å². The maximum atomic E-state index is 13.5. The van der Waals surface area contributed by atoms with E-state index >= 15 is 0 Å². The van der Waals surface area contributed by atoms with Crippen LogP contribution in [0.15, 0.2) is 42.5 Å². The number of hydrogen-bond acceptors (Lipinski definition) is 3. The highest BCUT2D eigenvalue weighted by Gasteiger charge is 2.03. The van der Waals surface area contributed by atoms with Crippen LogP contribution in [0, 0.1) is 5.82 Å². The average molecular weight is 260 g/mol. The van der Waals surface area contributed by atoms with Crippen LogP contribution in [0.1, 0.15) is 12.5 Å². The predicted octanol–water partition coefficient (Wildman–Crippen LogP) is 3.42. The summed E-state index contributed by atoms with van der Waals surface area (Å²) in [5, 5.41) is 3.15. The Hall–Kier alpha value is -2.23. The van der Waals surface area contributed by atoms with Crippen molar-refractivity contribution >= 4 is 11.4 Å². The smallest absolute Gasteiger partial charge is 0.144 e. The summed E-state index contributed by atoms with van der Waals surface area (Å²) in [6.45, 7) is 2.88. The molecule has 2 rings (SSSR count). The summed E-state index contributed by atoms with van der Waals surface area (Å²) in [7, 11) is 0. The maximum Gasteiger partial charge on any atom is 0.144 e. The number of anilines is 2. The Bertz CT molecular complexity index is 558. The Balaban J connectivity index is 2.07. The highest BCUT2D eigenvalue weighted by molar-refractivity contribution is 5.61. The molecule has 0 radical (unpaired) electrons. The van der Waals surface area contributed by atoms with Gasteiger partial charge in [-0.2, -0.15) is 0 Å². The summed E-state index contributed by atoms with van der Waals surface area (Å²) < 4.78 is 18.9. The first-order chi connectivity index (χ1) is 9.20. The van der Waals surface area contributed by atoms with Crippen molar-refractivity contribution in [3.8, 4) is 5.75 Å². The molecule has 0 heterocycles. The van der Waals surface area contributed by atoms with Gasteiger partial charge in [-0.25, -0.2) is 4.39 Å². The number of benzene rings is 2. The molecule has 0 unspecified atom stereocenters. The quantitative estimate of drug-likeness (QED) is 0.810. The lowest BCUT2D eigenvalue weighted by molar-refractivity contribution is 0.342. The van der Waals surface area contributed by atoms with Crippen LogP contribution in [0.5, 0.6) is 5.75 Å². The molecule has 0 aliphatic carbocycles. The van der Waals surface area contributed by atoms with E-state index in [-0.39, 0.29) is 5.82 Å². The number of nitrogen functional groups attached to an aromatic ring is 1. The third kappa shape index (κ3) is 3.37. The summed E-state index contributed by atoms with van der Waals surface area (Å²) >= 11 is 0. The Kier molecular flexibility index (Phi) is 4.23. The normalized spacial score (nSPS) is 10.2. The van der Waals surface area contributed by atoms with Gasteiger partial charge in [0.15, 0.2) is 0 Å². The molecule has 0 saturated carbocycles. The van der Waals surface area contributed by atoms with Crippen LogP contribution in [0.4, 0.5) is 15.8 Å². The van der Waals surface area contributed by atoms with E-state index < -0.39 is 0 Å². The van der Waals surface area contributed by atoms with E-state index in [9.17, 15) is 4.39 Å². The molecule has 2 aromatic carbocycles. The van der Waals surface area contributed by atoms with Gasteiger partial charge in [0.1, 0.15) is 11.6 Å². The van der Waals surface area contributed by atoms with E-state index in [0.29, 0.717) is 30.2 Å². The van der Waals surface area contributed by atoms with Gasteiger partial charge in [-0.15, -0.1) is 0 Å². The van der Waals surface area contributed by atoms with Crippen molar-refractivity contribution in [1.29, 1.82) is 0 Å². The summed E-state index contributed by atoms with van der Waals surface area (Å²) in [4.78, 5) is 0. The molecule has 4 heteroatoms. The van der Waals surface area contributed by atoms with Crippen molar-refractivity contribution in [1.82, 2.24) is 0 Å². The molecule has 0 aliphatic rings. The highest BCUT2D eigenvalue weighted by atomic mass is 19.1. The molecule has 3 nitrogen and oxygen atoms in total. The fraction of sp³-hybridized carbons (Fsp3) is 0.200. The second-order valence-corrected chi connectivity index (χ2v) is 4.13. The predicted molar refractivity (Wildman–Crippen MR) is 75.8 cm³/mol. The topological polar surface area (TPSA) is 47.3 Å². The summed E-state index contributed by atoms with van der Waals surface area (Å²) in [6.07, 6.45) is 0. The molecule has 0 bridgehead atoms. The lowest BCUT2D eigenvalue weighted by Gasteiger charge is -2.11. The van der Waals surface area contributed by atoms with Gasteiger partial charge >= 0.3 is 0 Å². The molecular formula is C15H17FN2O. The molecule has 19 heavy (non-hydrogen) atoms. The summed E-state index contributed by atoms with van der Waals surface area (Å²) in [6, 6.07) is 12.1. The van der Waals surface area contributed by atoms with Gasteiger partial charge in [0.05, 0.1) is 12.3 Å². The van der Waals surface area contributed by atoms with E-state index in [4.69, 9.17) is 10.5 Å². The van der Waals surface area contributed by atoms with E-state index in [1.54, 1.807) is 18.2 Å². The first-order valence-corrected chi connectivity index (χ1v) is 6.20. The summed E-state index contributed by atoms with van der Waals surface area (Å²) in [5.41, 5.74) is 7.86. The second-order valence-electron chi connectivity index (χ2n) is 4.13. The van der Waals surface area contributed by atoms with Crippen LogP contribution < -0.4 is 15.8 Å². The molecule has 0 atom stereocenters. The Morgan fingerprint density at radius 3 is 2.74 bits per heavy atom.